The van der Waals surface area contributed by atoms with Gasteiger partial charge in [0.25, 0.3) is 0 Å². The highest BCUT2D eigenvalue weighted by atomic mass is 79.9. The molecule has 7 heteroatoms. The third-order valence-electron chi connectivity index (χ3n) is 2.29. The van der Waals surface area contributed by atoms with Gasteiger partial charge in [-0.2, -0.15) is 4.31 Å². The van der Waals surface area contributed by atoms with Crippen LogP contribution in [0.3, 0.4) is 0 Å². The van der Waals surface area contributed by atoms with Crippen LogP contribution in [0.1, 0.15) is 17.8 Å². The number of aromatic nitrogens is 1. The van der Waals surface area contributed by atoms with Crippen LogP contribution in [0, 0.1) is 0 Å². The summed E-state index contributed by atoms with van der Waals surface area (Å²) in [5.41, 5.74) is 0. The maximum Gasteiger partial charge on any atom is 0.214 e. The Labute approximate surface area is 101 Å². The molecule has 0 aromatic carbocycles. The molecule has 0 radical (unpaired) electrons. The number of nitrogens with zero attached hydrogens (tertiary/aromatic N) is 2. The first kappa shape index (κ1) is 11.5. The van der Waals surface area contributed by atoms with Gasteiger partial charge in [-0.05, 0) is 28.8 Å². The van der Waals surface area contributed by atoms with E-state index in [0.717, 1.165) is 21.6 Å². The fourth-order valence-corrected chi connectivity index (χ4v) is 4.48. The van der Waals surface area contributed by atoms with Gasteiger partial charge in [-0.25, -0.2) is 13.4 Å². The number of hydrogen-bond acceptors (Lipinski definition) is 4. The molecule has 2 heterocycles. The van der Waals surface area contributed by atoms with Crippen molar-refractivity contribution in [2.24, 2.45) is 0 Å². The minimum absolute atomic E-state index is 0.277. The van der Waals surface area contributed by atoms with Crippen LogP contribution >= 0.6 is 27.3 Å². The summed E-state index contributed by atoms with van der Waals surface area (Å²) in [5.74, 6) is 0.277. The molecule has 0 saturated carbocycles. The minimum atomic E-state index is -3.03. The highest BCUT2D eigenvalue weighted by Crippen LogP contribution is 2.23. The molecule has 1 fully saturated rings. The van der Waals surface area contributed by atoms with E-state index in [1.54, 1.807) is 6.20 Å². The molecule has 0 amide bonds. The lowest BCUT2D eigenvalue weighted by molar-refractivity contribution is 0.378. The SMILES string of the molecule is O=S1(=O)CCCCN1Cc1ncc(Br)s1. The van der Waals surface area contributed by atoms with Gasteiger partial charge in [0.1, 0.15) is 5.01 Å². The van der Waals surface area contributed by atoms with Crippen molar-refractivity contribution < 1.29 is 8.42 Å². The molecule has 0 aliphatic carbocycles. The first-order chi connectivity index (χ1) is 7.08. The molecule has 4 nitrogen and oxygen atoms in total. The van der Waals surface area contributed by atoms with Gasteiger partial charge in [0, 0.05) is 6.54 Å². The Morgan fingerprint density at radius 1 is 1.53 bits per heavy atom. The Morgan fingerprint density at radius 2 is 2.33 bits per heavy atom. The molecule has 2 rings (SSSR count). The first-order valence-corrected chi connectivity index (χ1v) is 7.88. The average Bonchev–Trinajstić information content (AvgIpc) is 2.55. The van der Waals surface area contributed by atoms with Crippen molar-refractivity contribution in [1.82, 2.24) is 9.29 Å². The predicted octanol–water partition coefficient (Wildman–Crippen LogP) is 1.83. The molecule has 1 aliphatic heterocycles. The summed E-state index contributed by atoms with van der Waals surface area (Å²) in [5, 5.41) is 0.840. The molecule has 0 N–H and O–H groups in total. The Kier molecular flexibility index (Phi) is 3.44. The zero-order valence-electron chi connectivity index (χ0n) is 8.02. The summed E-state index contributed by atoms with van der Waals surface area (Å²) in [6.45, 7) is 1.04. The van der Waals surface area contributed by atoms with E-state index in [9.17, 15) is 8.42 Å². The van der Waals surface area contributed by atoms with Crippen molar-refractivity contribution >= 4 is 37.3 Å². The predicted molar refractivity (Wildman–Crippen MR) is 63.2 cm³/mol. The second-order valence-corrected chi connectivity index (χ2v) is 8.00. The molecule has 1 saturated heterocycles. The van der Waals surface area contributed by atoms with Gasteiger partial charge in [0.2, 0.25) is 10.0 Å². The van der Waals surface area contributed by atoms with Crippen LogP contribution in [0.4, 0.5) is 0 Å². The minimum Gasteiger partial charge on any atom is -0.247 e. The van der Waals surface area contributed by atoms with Gasteiger partial charge in [0.05, 0.1) is 22.3 Å². The van der Waals surface area contributed by atoms with Crippen molar-refractivity contribution in [3.63, 3.8) is 0 Å². The normalized spacial score (nSPS) is 21.7. The summed E-state index contributed by atoms with van der Waals surface area (Å²) in [4.78, 5) is 4.14. The second kappa shape index (κ2) is 4.48. The fraction of sp³-hybridized carbons (Fsp3) is 0.625. The quantitative estimate of drug-likeness (QED) is 0.837. The van der Waals surface area contributed by atoms with Crippen LogP contribution in [0.5, 0.6) is 0 Å². The topological polar surface area (TPSA) is 50.3 Å². The Morgan fingerprint density at radius 3 is 2.93 bits per heavy atom. The Hall–Kier alpha value is 0.0200. The second-order valence-electron chi connectivity index (χ2n) is 3.41. The van der Waals surface area contributed by atoms with E-state index >= 15 is 0 Å². The summed E-state index contributed by atoms with van der Waals surface area (Å²) in [6.07, 6.45) is 3.43. The lowest BCUT2D eigenvalue weighted by Crippen LogP contribution is -2.37. The van der Waals surface area contributed by atoms with Gasteiger partial charge < -0.3 is 0 Å². The van der Waals surface area contributed by atoms with Crippen LogP contribution in [0.15, 0.2) is 9.98 Å². The molecule has 1 aromatic heterocycles. The van der Waals surface area contributed by atoms with Crippen molar-refractivity contribution in [3.05, 3.63) is 15.0 Å². The molecule has 15 heavy (non-hydrogen) atoms. The third-order valence-corrected chi connectivity index (χ3v) is 5.65. The smallest absolute Gasteiger partial charge is 0.214 e. The van der Waals surface area contributed by atoms with Crippen molar-refractivity contribution in [2.75, 3.05) is 12.3 Å². The van der Waals surface area contributed by atoms with E-state index in [-0.39, 0.29) is 5.75 Å². The van der Waals surface area contributed by atoms with E-state index in [1.807, 2.05) is 0 Å². The maximum atomic E-state index is 11.7. The van der Waals surface area contributed by atoms with Gasteiger partial charge in [-0.15, -0.1) is 11.3 Å². The number of hydrogen-bond donors (Lipinski definition) is 0. The largest absolute Gasteiger partial charge is 0.247 e. The van der Waals surface area contributed by atoms with Crippen molar-refractivity contribution in [2.45, 2.75) is 19.4 Å². The highest BCUT2D eigenvalue weighted by Gasteiger charge is 2.26. The van der Waals surface area contributed by atoms with Gasteiger partial charge in [-0.3, -0.25) is 0 Å². The number of sulfonamides is 1. The summed E-state index contributed by atoms with van der Waals surface area (Å²) in [7, 11) is -3.03. The first-order valence-electron chi connectivity index (χ1n) is 4.66. The zero-order chi connectivity index (χ0) is 10.9. The van der Waals surface area contributed by atoms with Gasteiger partial charge >= 0.3 is 0 Å². The van der Waals surface area contributed by atoms with E-state index < -0.39 is 10.0 Å². The van der Waals surface area contributed by atoms with Crippen LogP contribution in [0.25, 0.3) is 0 Å². The Bertz CT molecular complexity index is 443. The average molecular weight is 311 g/mol. The lowest BCUT2D eigenvalue weighted by Gasteiger charge is -2.25. The summed E-state index contributed by atoms with van der Waals surface area (Å²) < 4.78 is 25.8. The maximum absolute atomic E-state index is 11.7. The molecule has 0 spiro atoms. The molecule has 1 aliphatic rings. The molecule has 0 atom stereocenters. The number of halogens is 1. The summed E-state index contributed by atoms with van der Waals surface area (Å²) in [6, 6.07) is 0. The van der Waals surface area contributed by atoms with Gasteiger partial charge in [-0.1, -0.05) is 0 Å². The standard InChI is InChI=1S/C8H11BrN2O2S2/c9-7-5-10-8(14-7)6-11-3-1-2-4-15(11,12)13/h5H,1-4,6H2. The highest BCUT2D eigenvalue weighted by molar-refractivity contribution is 9.11. The van der Waals surface area contributed by atoms with E-state index in [4.69, 9.17) is 0 Å². The molecule has 0 bridgehead atoms. The molecular weight excluding hydrogens is 300 g/mol. The monoisotopic (exact) mass is 310 g/mol. The lowest BCUT2D eigenvalue weighted by atomic mass is 10.3. The van der Waals surface area contributed by atoms with E-state index in [1.165, 1.54) is 15.6 Å². The zero-order valence-corrected chi connectivity index (χ0v) is 11.2. The molecule has 1 aromatic rings. The Balaban J connectivity index is 2.11. The van der Waals surface area contributed by atoms with Crippen LogP contribution < -0.4 is 0 Å². The third kappa shape index (κ3) is 2.77. The number of rotatable bonds is 2. The van der Waals surface area contributed by atoms with Gasteiger partial charge in [0.15, 0.2) is 0 Å². The van der Waals surface area contributed by atoms with Crippen molar-refractivity contribution in [1.29, 1.82) is 0 Å². The number of thiazole rings is 1. The fourth-order valence-electron chi connectivity index (χ4n) is 1.53. The van der Waals surface area contributed by atoms with E-state index in [2.05, 4.69) is 20.9 Å². The van der Waals surface area contributed by atoms with Crippen LogP contribution in [-0.4, -0.2) is 30.0 Å². The van der Waals surface area contributed by atoms with E-state index in [0.29, 0.717) is 13.1 Å². The molecule has 0 unspecified atom stereocenters. The molecular formula is C8H11BrN2O2S2. The van der Waals surface area contributed by atoms with Crippen molar-refractivity contribution in [3.8, 4) is 0 Å². The van der Waals surface area contributed by atoms with Crippen LogP contribution in [0.2, 0.25) is 0 Å². The van der Waals surface area contributed by atoms with Crippen LogP contribution in [-0.2, 0) is 16.6 Å². The molecule has 84 valence electrons. The summed E-state index contributed by atoms with van der Waals surface area (Å²) >= 11 is 4.80.